The summed E-state index contributed by atoms with van der Waals surface area (Å²) in [6.45, 7) is 2.44. The number of methoxy groups -OCH3 is 2. The Labute approximate surface area is 188 Å². The van der Waals surface area contributed by atoms with Crippen LogP contribution in [0.15, 0.2) is 66.7 Å². The molecule has 3 rings (SSSR count). The minimum Gasteiger partial charge on any atom is -0.493 e. The highest BCUT2D eigenvalue weighted by molar-refractivity contribution is 6.03. The SMILES string of the molecule is COc1ccc(CCC(=O)Nc2ccccc2C(=O)NCc2ccc(C)cc2)cc1OC. The van der Waals surface area contributed by atoms with E-state index in [4.69, 9.17) is 9.47 Å². The van der Waals surface area contributed by atoms with Crippen LogP contribution in [0.2, 0.25) is 0 Å². The Balaban J connectivity index is 1.59. The van der Waals surface area contributed by atoms with Gasteiger partial charge in [0, 0.05) is 13.0 Å². The molecule has 0 aliphatic heterocycles. The third kappa shape index (κ3) is 6.11. The van der Waals surface area contributed by atoms with Crippen molar-refractivity contribution in [1.82, 2.24) is 5.32 Å². The fourth-order valence-corrected chi connectivity index (χ4v) is 3.28. The van der Waals surface area contributed by atoms with Crippen LogP contribution in [-0.4, -0.2) is 26.0 Å². The van der Waals surface area contributed by atoms with Gasteiger partial charge in [0.1, 0.15) is 0 Å². The zero-order valence-corrected chi connectivity index (χ0v) is 18.6. The molecule has 0 spiro atoms. The number of amides is 2. The highest BCUT2D eigenvalue weighted by Crippen LogP contribution is 2.28. The van der Waals surface area contributed by atoms with Crippen molar-refractivity contribution in [3.8, 4) is 11.5 Å². The van der Waals surface area contributed by atoms with Crippen molar-refractivity contribution in [2.24, 2.45) is 0 Å². The van der Waals surface area contributed by atoms with Gasteiger partial charge in [-0.1, -0.05) is 48.0 Å². The number of anilines is 1. The molecule has 0 radical (unpaired) electrons. The Morgan fingerprint density at radius 1 is 0.844 bits per heavy atom. The van der Waals surface area contributed by atoms with Gasteiger partial charge in [-0.25, -0.2) is 0 Å². The molecule has 0 saturated heterocycles. The number of ether oxygens (including phenoxy) is 2. The molecule has 0 saturated carbocycles. The van der Waals surface area contributed by atoms with Crippen LogP contribution < -0.4 is 20.1 Å². The highest BCUT2D eigenvalue weighted by atomic mass is 16.5. The first-order valence-corrected chi connectivity index (χ1v) is 10.4. The van der Waals surface area contributed by atoms with Gasteiger partial charge in [-0.05, 0) is 48.7 Å². The van der Waals surface area contributed by atoms with E-state index in [1.807, 2.05) is 49.4 Å². The predicted molar refractivity (Wildman–Crippen MR) is 125 cm³/mol. The molecule has 0 bridgehead atoms. The second kappa shape index (κ2) is 11.0. The molecule has 166 valence electrons. The Bertz CT molecular complexity index is 1080. The third-order valence-electron chi connectivity index (χ3n) is 5.11. The van der Waals surface area contributed by atoms with Gasteiger partial charge in [-0.3, -0.25) is 9.59 Å². The monoisotopic (exact) mass is 432 g/mol. The van der Waals surface area contributed by atoms with E-state index in [0.717, 1.165) is 11.1 Å². The van der Waals surface area contributed by atoms with Crippen LogP contribution in [0.5, 0.6) is 11.5 Å². The number of carbonyl (C=O) groups excluding carboxylic acids is 2. The number of carbonyl (C=O) groups is 2. The van der Waals surface area contributed by atoms with Crippen LogP contribution in [0, 0.1) is 6.92 Å². The van der Waals surface area contributed by atoms with Gasteiger partial charge in [-0.2, -0.15) is 0 Å². The van der Waals surface area contributed by atoms with Crippen molar-refractivity contribution >= 4 is 17.5 Å². The number of rotatable bonds is 9. The smallest absolute Gasteiger partial charge is 0.253 e. The van der Waals surface area contributed by atoms with Crippen LogP contribution >= 0.6 is 0 Å². The second-order valence-corrected chi connectivity index (χ2v) is 7.45. The van der Waals surface area contributed by atoms with Crippen LogP contribution in [0.4, 0.5) is 5.69 Å². The third-order valence-corrected chi connectivity index (χ3v) is 5.11. The molecule has 6 heteroatoms. The average Bonchev–Trinajstić information content (AvgIpc) is 2.82. The first-order valence-electron chi connectivity index (χ1n) is 10.4. The van der Waals surface area contributed by atoms with E-state index in [1.165, 1.54) is 5.56 Å². The van der Waals surface area contributed by atoms with Crippen LogP contribution in [-0.2, 0) is 17.8 Å². The maximum absolute atomic E-state index is 12.7. The van der Waals surface area contributed by atoms with Gasteiger partial charge in [0.2, 0.25) is 5.91 Å². The quantitative estimate of drug-likeness (QED) is 0.521. The van der Waals surface area contributed by atoms with E-state index in [2.05, 4.69) is 10.6 Å². The lowest BCUT2D eigenvalue weighted by Crippen LogP contribution is -2.25. The molecule has 0 aromatic heterocycles. The fraction of sp³-hybridized carbons (Fsp3) is 0.231. The van der Waals surface area contributed by atoms with E-state index in [0.29, 0.717) is 35.7 Å². The van der Waals surface area contributed by atoms with Crippen LogP contribution in [0.1, 0.15) is 33.5 Å². The van der Waals surface area contributed by atoms with Gasteiger partial charge in [-0.15, -0.1) is 0 Å². The summed E-state index contributed by atoms with van der Waals surface area (Å²) < 4.78 is 10.6. The molecule has 0 aliphatic rings. The van der Waals surface area contributed by atoms with Gasteiger partial charge < -0.3 is 20.1 Å². The van der Waals surface area contributed by atoms with Crippen molar-refractivity contribution in [2.75, 3.05) is 19.5 Å². The van der Waals surface area contributed by atoms with Gasteiger partial charge in [0.15, 0.2) is 11.5 Å². The summed E-state index contributed by atoms with van der Waals surface area (Å²) in [5.74, 6) is 0.868. The normalized spacial score (nSPS) is 10.3. The largest absolute Gasteiger partial charge is 0.493 e. The van der Waals surface area contributed by atoms with E-state index in [-0.39, 0.29) is 18.2 Å². The van der Waals surface area contributed by atoms with Crippen molar-refractivity contribution < 1.29 is 19.1 Å². The number of benzene rings is 3. The summed E-state index contributed by atoms with van der Waals surface area (Å²) >= 11 is 0. The van der Waals surface area contributed by atoms with E-state index >= 15 is 0 Å². The van der Waals surface area contributed by atoms with Crippen molar-refractivity contribution in [2.45, 2.75) is 26.3 Å². The molecule has 0 unspecified atom stereocenters. The Morgan fingerprint density at radius 3 is 2.25 bits per heavy atom. The molecule has 3 aromatic carbocycles. The number of hydrogen-bond donors (Lipinski definition) is 2. The Morgan fingerprint density at radius 2 is 1.53 bits per heavy atom. The molecule has 2 N–H and O–H groups in total. The molecule has 3 aromatic rings. The van der Waals surface area contributed by atoms with Crippen molar-refractivity contribution in [3.05, 3.63) is 89.0 Å². The maximum Gasteiger partial charge on any atom is 0.253 e. The highest BCUT2D eigenvalue weighted by Gasteiger charge is 2.13. The van der Waals surface area contributed by atoms with Gasteiger partial charge >= 0.3 is 0 Å². The van der Waals surface area contributed by atoms with Gasteiger partial charge in [0.05, 0.1) is 25.5 Å². The number of hydrogen-bond acceptors (Lipinski definition) is 4. The Hall–Kier alpha value is -3.80. The zero-order valence-electron chi connectivity index (χ0n) is 18.6. The minimum atomic E-state index is -0.235. The minimum absolute atomic E-state index is 0.168. The lowest BCUT2D eigenvalue weighted by molar-refractivity contribution is -0.116. The Kier molecular flexibility index (Phi) is 7.86. The van der Waals surface area contributed by atoms with E-state index in [1.54, 1.807) is 38.5 Å². The van der Waals surface area contributed by atoms with Gasteiger partial charge in [0.25, 0.3) is 5.91 Å². The summed E-state index contributed by atoms with van der Waals surface area (Å²) in [6.07, 6.45) is 0.808. The number of aryl methyl sites for hydroxylation is 2. The van der Waals surface area contributed by atoms with Crippen molar-refractivity contribution in [3.63, 3.8) is 0 Å². The first-order chi connectivity index (χ1) is 15.5. The van der Waals surface area contributed by atoms with Crippen LogP contribution in [0.25, 0.3) is 0 Å². The molecule has 2 amide bonds. The molecule has 6 nitrogen and oxygen atoms in total. The molecule has 0 aliphatic carbocycles. The van der Waals surface area contributed by atoms with Crippen molar-refractivity contribution in [1.29, 1.82) is 0 Å². The second-order valence-electron chi connectivity index (χ2n) is 7.45. The first kappa shape index (κ1) is 22.9. The molecule has 32 heavy (non-hydrogen) atoms. The standard InChI is InChI=1S/C26H28N2O4/c1-18-8-10-20(11-9-18)17-27-26(30)21-6-4-5-7-22(21)28-25(29)15-13-19-12-14-23(31-2)24(16-19)32-3/h4-12,14,16H,13,15,17H2,1-3H3,(H,27,30)(H,28,29). The summed E-state index contributed by atoms with van der Waals surface area (Å²) in [5, 5.41) is 5.78. The van der Waals surface area contributed by atoms with E-state index in [9.17, 15) is 9.59 Å². The summed E-state index contributed by atoms with van der Waals surface area (Å²) in [6, 6.07) is 20.6. The molecule has 0 atom stereocenters. The number of para-hydroxylation sites is 1. The predicted octanol–water partition coefficient (Wildman–Crippen LogP) is 4.51. The maximum atomic E-state index is 12.7. The lowest BCUT2D eigenvalue weighted by atomic mass is 10.1. The number of nitrogens with one attached hydrogen (secondary N) is 2. The average molecular weight is 433 g/mol. The molecule has 0 fully saturated rings. The topological polar surface area (TPSA) is 76.7 Å². The molecule has 0 heterocycles. The summed E-state index contributed by atoms with van der Waals surface area (Å²) in [4.78, 5) is 25.3. The fourth-order valence-electron chi connectivity index (χ4n) is 3.28. The van der Waals surface area contributed by atoms with E-state index < -0.39 is 0 Å². The lowest BCUT2D eigenvalue weighted by Gasteiger charge is -2.12. The zero-order chi connectivity index (χ0) is 22.9. The van der Waals surface area contributed by atoms with Crippen LogP contribution in [0.3, 0.4) is 0 Å². The summed E-state index contributed by atoms with van der Waals surface area (Å²) in [7, 11) is 3.16. The summed E-state index contributed by atoms with van der Waals surface area (Å²) in [5.41, 5.74) is 4.06. The molecular formula is C26H28N2O4. The molecular weight excluding hydrogens is 404 g/mol.